The van der Waals surface area contributed by atoms with Gasteiger partial charge in [-0.25, -0.2) is 0 Å². The molecule has 4 nitrogen and oxygen atoms in total. The number of para-hydroxylation sites is 1. The van der Waals surface area contributed by atoms with Crippen LogP contribution in [0.5, 0.6) is 5.75 Å². The van der Waals surface area contributed by atoms with E-state index in [-0.39, 0.29) is 0 Å². The molecule has 0 amide bonds. The molecule has 0 saturated heterocycles. The van der Waals surface area contributed by atoms with E-state index in [2.05, 4.69) is 9.17 Å². The summed E-state index contributed by atoms with van der Waals surface area (Å²) in [5.41, 5.74) is -3.20. The Morgan fingerprint density at radius 2 is 1.77 bits per heavy atom. The molecule has 26 heavy (non-hydrogen) atoms. The van der Waals surface area contributed by atoms with E-state index in [0.717, 1.165) is 6.07 Å². The number of hydrogen-bond donors (Lipinski definition) is 0. The number of aromatic nitrogens is 1. The Hall–Kier alpha value is -2.32. The van der Waals surface area contributed by atoms with Gasteiger partial charge in [-0.1, -0.05) is 35.9 Å². The van der Waals surface area contributed by atoms with Gasteiger partial charge < -0.3 is 4.18 Å². The molecule has 1 aromatic heterocycles. The zero-order valence-corrected chi connectivity index (χ0v) is 14.8. The van der Waals surface area contributed by atoms with Crippen LogP contribution >= 0.6 is 11.6 Å². The van der Waals surface area contributed by atoms with Crippen molar-refractivity contribution < 1.29 is 25.8 Å². The number of benzene rings is 2. The molecule has 0 radical (unpaired) electrons. The van der Waals surface area contributed by atoms with Crippen LogP contribution in [0.4, 0.5) is 13.2 Å². The first-order valence-corrected chi connectivity index (χ1v) is 9.04. The minimum Gasteiger partial charge on any atom is -0.376 e. The Balaban J connectivity index is 2.13. The lowest BCUT2D eigenvalue weighted by Crippen LogP contribution is -2.28. The number of rotatable bonds is 3. The zero-order valence-electron chi connectivity index (χ0n) is 13.2. The van der Waals surface area contributed by atoms with E-state index in [1.807, 2.05) is 0 Å². The van der Waals surface area contributed by atoms with E-state index >= 15 is 0 Å². The van der Waals surface area contributed by atoms with Gasteiger partial charge in [-0.15, -0.1) is 0 Å². The van der Waals surface area contributed by atoms with Crippen LogP contribution in [-0.2, 0) is 10.1 Å². The third kappa shape index (κ3) is 3.47. The van der Waals surface area contributed by atoms with Gasteiger partial charge in [-0.2, -0.15) is 21.6 Å². The summed E-state index contributed by atoms with van der Waals surface area (Å²) in [7, 11) is -5.74. The monoisotopic (exact) mass is 401 g/mol. The van der Waals surface area contributed by atoms with E-state index in [4.69, 9.17) is 11.6 Å². The molecule has 0 bridgehead atoms. The standard InChI is InChI=1S/C17H11ClF3NO3S/c1-10-8-14(13-6-3-7-15(18)16(13)22-10)11-4-2-5-12(9-11)25-26(23,24)17(19,20)21/h2-9H,1H3. The maximum Gasteiger partial charge on any atom is 0.534 e. The average molecular weight is 402 g/mol. The molecule has 0 aliphatic rings. The Labute approximate surface area is 152 Å². The fourth-order valence-electron chi connectivity index (χ4n) is 2.47. The van der Waals surface area contributed by atoms with Crippen molar-refractivity contribution in [3.8, 4) is 16.9 Å². The second-order valence-corrected chi connectivity index (χ2v) is 7.40. The van der Waals surface area contributed by atoms with E-state index in [1.54, 1.807) is 37.3 Å². The second kappa shape index (κ2) is 6.44. The van der Waals surface area contributed by atoms with Crippen LogP contribution in [0, 0.1) is 6.92 Å². The SMILES string of the molecule is Cc1cc(-c2cccc(OS(=O)(=O)C(F)(F)F)c2)c2cccc(Cl)c2n1. The molecule has 0 spiro atoms. The third-order valence-corrected chi connectivity index (χ3v) is 4.84. The van der Waals surface area contributed by atoms with Gasteiger partial charge in [0, 0.05) is 11.1 Å². The van der Waals surface area contributed by atoms with E-state index in [9.17, 15) is 21.6 Å². The Bertz CT molecular complexity index is 1100. The highest BCUT2D eigenvalue weighted by Crippen LogP contribution is 2.34. The fraction of sp³-hybridized carbons (Fsp3) is 0.118. The summed E-state index contributed by atoms with van der Waals surface area (Å²) in [6.07, 6.45) is 0. The largest absolute Gasteiger partial charge is 0.534 e. The summed E-state index contributed by atoms with van der Waals surface area (Å²) >= 11 is 6.17. The van der Waals surface area contributed by atoms with Crippen LogP contribution in [-0.4, -0.2) is 18.9 Å². The van der Waals surface area contributed by atoms with Crippen molar-refractivity contribution in [3.05, 3.63) is 59.2 Å². The molecule has 3 aromatic rings. The van der Waals surface area contributed by atoms with Crippen molar-refractivity contribution >= 4 is 32.6 Å². The van der Waals surface area contributed by atoms with E-state index < -0.39 is 21.4 Å². The van der Waals surface area contributed by atoms with Crippen LogP contribution in [0.1, 0.15) is 5.69 Å². The Morgan fingerprint density at radius 3 is 2.46 bits per heavy atom. The smallest absolute Gasteiger partial charge is 0.376 e. The van der Waals surface area contributed by atoms with Gasteiger partial charge >= 0.3 is 15.6 Å². The first-order chi connectivity index (χ1) is 12.1. The molecule has 1 heterocycles. The van der Waals surface area contributed by atoms with Crippen molar-refractivity contribution in [2.24, 2.45) is 0 Å². The summed E-state index contributed by atoms with van der Waals surface area (Å²) in [4.78, 5) is 4.37. The number of halogens is 4. The second-order valence-electron chi connectivity index (χ2n) is 5.46. The highest BCUT2D eigenvalue weighted by atomic mass is 35.5. The topological polar surface area (TPSA) is 56.3 Å². The number of pyridine rings is 1. The summed E-state index contributed by atoms with van der Waals surface area (Å²) in [6.45, 7) is 1.75. The van der Waals surface area contributed by atoms with Gasteiger partial charge in [0.2, 0.25) is 0 Å². The molecule has 0 N–H and O–H groups in total. The molecule has 0 saturated carbocycles. The predicted molar refractivity (Wildman–Crippen MR) is 92.5 cm³/mol. The molecule has 0 unspecified atom stereocenters. The summed E-state index contributed by atoms with van der Waals surface area (Å²) < 4.78 is 64.1. The first kappa shape index (κ1) is 18.5. The van der Waals surface area contributed by atoms with Crippen molar-refractivity contribution in [1.29, 1.82) is 0 Å². The number of alkyl halides is 3. The van der Waals surface area contributed by atoms with Crippen molar-refractivity contribution in [2.75, 3.05) is 0 Å². The first-order valence-electron chi connectivity index (χ1n) is 7.25. The van der Waals surface area contributed by atoms with Gasteiger partial charge in [0.05, 0.1) is 10.5 Å². The van der Waals surface area contributed by atoms with Crippen LogP contribution in [0.15, 0.2) is 48.5 Å². The molecule has 0 aliphatic heterocycles. The fourth-order valence-corrected chi connectivity index (χ4v) is 3.14. The molecule has 2 aromatic carbocycles. The number of fused-ring (bicyclic) bond motifs is 1. The minimum absolute atomic E-state index is 0.430. The molecular formula is C17H11ClF3NO3S. The number of aryl methyl sites for hydroxylation is 1. The van der Waals surface area contributed by atoms with Crippen LogP contribution in [0.25, 0.3) is 22.0 Å². The molecule has 3 rings (SSSR count). The average Bonchev–Trinajstić information content (AvgIpc) is 2.54. The van der Waals surface area contributed by atoms with Gasteiger partial charge in [-0.3, -0.25) is 4.98 Å². The summed E-state index contributed by atoms with van der Waals surface area (Å²) in [5.74, 6) is -0.440. The molecular weight excluding hydrogens is 391 g/mol. The molecule has 0 aliphatic carbocycles. The normalized spacial score (nSPS) is 12.3. The lowest BCUT2D eigenvalue weighted by Gasteiger charge is -2.12. The summed E-state index contributed by atoms with van der Waals surface area (Å²) in [5, 5.41) is 1.11. The van der Waals surface area contributed by atoms with Gasteiger partial charge in [0.1, 0.15) is 5.75 Å². The highest BCUT2D eigenvalue weighted by molar-refractivity contribution is 7.88. The summed E-state index contributed by atoms with van der Waals surface area (Å²) in [6, 6.07) is 12.3. The van der Waals surface area contributed by atoms with Crippen LogP contribution in [0.3, 0.4) is 0 Å². The number of nitrogens with zero attached hydrogens (tertiary/aromatic N) is 1. The maximum absolute atomic E-state index is 12.5. The zero-order chi connectivity index (χ0) is 19.1. The Kier molecular flexibility index (Phi) is 4.58. The molecule has 9 heteroatoms. The highest BCUT2D eigenvalue weighted by Gasteiger charge is 2.48. The predicted octanol–water partition coefficient (Wildman–Crippen LogP) is 5.09. The molecule has 0 fully saturated rings. The number of hydrogen-bond acceptors (Lipinski definition) is 4. The van der Waals surface area contributed by atoms with Gasteiger partial charge in [-0.05, 0) is 42.3 Å². The third-order valence-electron chi connectivity index (χ3n) is 3.55. The maximum atomic E-state index is 12.5. The Morgan fingerprint density at radius 1 is 1.08 bits per heavy atom. The van der Waals surface area contributed by atoms with Gasteiger partial charge in [0.25, 0.3) is 0 Å². The molecule has 0 atom stereocenters. The van der Waals surface area contributed by atoms with Crippen molar-refractivity contribution in [3.63, 3.8) is 0 Å². The van der Waals surface area contributed by atoms with E-state index in [0.29, 0.717) is 32.7 Å². The lowest BCUT2D eigenvalue weighted by molar-refractivity contribution is -0.0500. The van der Waals surface area contributed by atoms with Crippen LogP contribution < -0.4 is 4.18 Å². The van der Waals surface area contributed by atoms with Gasteiger partial charge in [0.15, 0.2) is 0 Å². The van der Waals surface area contributed by atoms with Crippen molar-refractivity contribution in [1.82, 2.24) is 4.98 Å². The minimum atomic E-state index is -5.74. The van der Waals surface area contributed by atoms with Crippen LogP contribution in [0.2, 0.25) is 5.02 Å². The molecule has 136 valence electrons. The lowest BCUT2D eigenvalue weighted by atomic mass is 10.00. The van der Waals surface area contributed by atoms with E-state index in [1.165, 1.54) is 12.1 Å². The quantitative estimate of drug-likeness (QED) is 0.453. The van der Waals surface area contributed by atoms with Crippen molar-refractivity contribution in [2.45, 2.75) is 12.4 Å².